The predicted molar refractivity (Wildman–Crippen MR) is 66.6 cm³/mol. The molecule has 0 aliphatic heterocycles. The fourth-order valence-corrected chi connectivity index (χ4v) is 2.15. The molecule has 2 heteroatoms. The second-order valence-corrected chi connectivity index (χ2v) is 4.34. The van der Waals surface area contributed by atoms with Gasteiger partial charge in [-0.05, 0) is 36.4 Å². The molecule has 0 radical (unpaired) electrons. The van der Waals surface area contributed by atoms with Gasteiger partial charge < -0.3 is 5.32 Å². The van der Waals surface area contributed by atoms with Gasteiger partial charge in [-0.2, -0.15) is 0 Å². The molecule has 1 nitrogen and oxygen atoms in total. The van der Waals surface area contributed by atoms with Gasteiger partial charge in [0.15, 0.2) is 0 Å². The number of hydrogen-bond acceptors (Lipinski definition) is 2. The molecule has 76 valence electrons. The molecule has 0 aliphatic rings. The lowest BCUT2D eigenvalue weighted by Gasteiger charge is -2.03. The highest BCUT2D eigenvalue weighted by Gasteiger charge is 1.95. The van der Waals surface area contributed by atoms with Crippen LogP contribution in [0.2, 0.25) is 0 Å². The van der Waals surface area contributed by atoms with E-state index in [9.17, 15) is 0 Å². The van der Waals surface area contributed by atoms with E-state index in [4.69, 9.17) is 0 Å². The summed E-state index contributed by atoms with van der Waals surface area (Å²) < 4.78 is 0. The van der Waals surface area contributed by atoms with Crippen LogP contribution >= 0.6 is 11.8 Å². The Balaban J connectivity index is 2.11. The zero-order chi connectivity index (χ0) is 10.5. The summed E-state index contributed by atoms with van der Waals surface area (Å²) in [5, 5.41) is 3.11. The van der Waals surface area contributed by atoms with Gasteiger partial charge in [-0.1, -0.05) is 30.0 Å². The van der Waals surface area contributed by atoms with Crippen molar-refractivity contribution in [3.05, 3.63) is 54.6 Å². The van der Waals surface area contributed by atoms with E-state index < -0.39 is 0 Å². The van der Waals surface area contributed by atoms with Gasteiger partial charge in [0.25, 0.3) is 0 Å². The van der Waals surface area contributed by atoms with Crippen LogP contribution in [0, 0.1) is 0 Å². The van der Waals surface area contributed by atoms with E-state index in [0.717, 1.165) is 5.69 Å². The van der Waals surface area contributed by atoms with Gasteiger partial charge in [0.05, 0.1) is 0 Å². The Kier molecular flexibility index (Phi) is 3.30. The number of benzene rings is 2. The smallest absolute Gasteiger partial charge is 0.0338 e. The minimum Gasteiger partial charge on any atom is -0.388 e. The van der Waals surface area contributed by atoms with E-state index in [1.807, 2.05) is 13.1 Å². The molecule has 0 spiro atoms. The van der Waals surface area contributed by atoms with Crippen LogP contribution in [0.5, 0.6) is 0 Å². The van der Waals surface area contributed by atoms with Crippen LogP contribution in [-0.4, -0.2) is 7.05 Å². The molecule has 0 aliphatic carbocycles. The van der Waals surface area contributed by atoms with E-state index in [1.165, 1.54) is 9.79 Å². The van der Waals surface area contributed by atoms with Crippen LogP contribution in [0.3, 0.4) is 0 Å². The predicted octanol–water partition coefficient (Wildman–Crippen LogP) is 3.88. The lowest BCUT2D eigenvalue weighted by atomic mass is 10.3. The zero-order valence-corrected chi connectivity index (χ0v) is 9.42. The van der Waals surface area contributed by atoms with Gasteiger partial charge in [-0.15, -0.1) is 0 Å². The zero-order valence-electron chi connectivity index (χ0n) is 8.60. The summed E-state index contributed by atoms with van der Waals surface area (Å²) in [6.45, 7) is 0. The first-order chi connectivity index (χ1) is 7.38. The van der Waals surface area contributed by atoms with Crippen molar-refractivity contribution in [1.82, 2.24) is 0 Å². The summed E-state index contributed by atoms with van der Waals surface area (Å²) in [7, 11) is 1.93. The second-order valence-electron chi connectivity index (χ2n) is 3.19. The van der Waals surface area contributed by atoms with Crippen molar-refractivity contribution in [2.24, 2.45) is 0 Å². The molecule has 2 aromatic rings. The first kappa shape index (κ1) is 10.1. The largest absolute Gasteiger partial charge is 0.388 e. The van der Waals surface area contributed by atoms with E-state index in [0.29, 0.717) is 0 Å². The molecule has 0 bridgehead atoms. The Hall–Kier alpha value is -1.41. The van der Waals surface area contributed by atoms with Crippen molar-refractivity contribution in [2.75, 3.05) is 12.4 Å². The molecule has 1 N–H and O–H groups in total. The molecule has 0 aromatic heterocycles. The average molecular weight is 215 g/mol. The van der Waals surface area contributed by atoms with Crippen LogP contribution in [0.1, 0.15) is 0 Å². The molecular formula is C13H13NS. The Morgan fingerprint density at radius 2 is 1.40 bits per heavy atom. The van der Waals surface area contributed by atoms with Crippen LogP contribution in [0.25, 0.3) is 0 Å². The quantitative estimate of drug-likeness (QED) is 0.834. The fraction of sp³-hybridized carbons (Fsp3) is 0.0769. The van der Waals surface area contributed by atoms with Crippen molar-refractivity contribution in [1.29, 1.82) is 0 Å². The number of anilines is 1. The third-order valence-corrected chi connectivity index (χ3v) is 3.14. The molecule has 0 atom stereocenters. The van der Waals surface area contributed by atoms with E-state index in [-0.39, 0.29) is 0 Å². The van der Waals surface area contributed by atoms with Gasteiger partial charge >= 0.3 is 0 Å². The molecule has 0 unspecified atom stereocenters. The highest BCUT2D eigenvalue weighted by atomic mass is 32.2. The maximum Gasteiger partial charge on any atom is 0.0338 e. The van der Waals surface area contributed by atoms with Crippen molar-refractivity contribution >= 4 is 17.4 Å². The van der Waals surface area contributed by atoms with Gasteiger partial charge in [0.1, 0.15) is 0 Å². The van der Waals surface area contributed by atoms with Crippen molar-refractivity contribution in [3.63, 3.8) is 0 Å². The fourth-order valence-electron chi connectivity index (χ4n) is 1.31. The van der Waals surface area contributed by atoms with E-state index in [1.54, 1.807) is 11.8 Å². The minimum atomic E-state index is 1.15. The van der Waals surface area contributed by atoms with Crippen molar-refractivity contribution in [2.45, 2.75) is 9.79 Å². The molecular weight excluding hydrogens is 202 g/mol. The van der Waals surface area contributed by atoms with Gasteiger partial charge in [-0.3, -0.25) is 0 Å². The summed E-state index contributed by atoms with van der Waals surface area (Å²) in [6.07, 6.45) is 0. The van der Waals surface area contributed by atoms with Gasteiger partial charge in [0.2, 0.25) is 0 Å². The number of nitrogens with one attached hydrogen (secondary N) is 1. The highest BCUT2D eigenvalue weighted by molar-refractivity contribution is 7.99. The maximum absolute atomic E-state index is 3.11. The Morgan fingerprint density at radius 3 is 2.00 bits per heavy atom. The summed E-state index contributed by atoms with van der Waals surface area (Å²) in [5.41, 5.74) is 1.15. The van der Waals surface area contributed by atoms with Crippen LogP contribution in [-0.2, 0) is 0 Å². The average Bonchev–Trinajstić information content (AvgIpc) is 2.31. The van der Waals surface area contributed by atoms with Crippen LogP contribution in [0.15, 0.2) is 64.4 Å². The van der Waals surface area contributed by atoms with E-state index >= 15 is 0 Å². The monoisotopic (exact) mass is 215 g/mol. The summed E-state index contributed by atoms with van der Waals surface area (Å²) in [4.78, 5) is 2.54. The molecule has 15 heavy (non-hydrogen) atoms. The Morgan fingerprint density at radius 1 is 0.800 bits per heavy atom. The van der Waals surface area contributed by atoms with Gasteiger partial charge in [0, 0.05) is 22.5 Å². The SMILES string of the molecule is CNc1ccc(Sc2ccccc2)cc1. The Labute approximate surface area is 94.5 Å². The number of hydrogen-bond donors (Lipinski definition) is 1. The number of rotatable bonds is 3. The van der Waals surface area contributed by atoms with Crippen LogP contribution in [0.4, 0.5) is 5.69 Å². The third-order valence-electron chi connectivity index (χ3n) is 2.12. The molecule has 0 heterocycles. The molecule has 0 fully saturated rings. The summed E-state index contributed by atoms with van der Waals surface area (Å²) in [5.74, 6) is 0. The van der Waals surface area contributed by atoms with E-state index in [2.05, 4.69) is 53.8 Å². The first-order valence-corrected chi connectivity index (χ1v) is 5.71. The van der Waals surface area contributed by atoms with Crippen LogP contribution < -0.4 is 5.32 Å². The summed E-state index contributed by atoms with van der Waals surface area (Å²) in [6, 6.07) is 18.8. The lowest BCUT2D eigenvalue weighted by molar-refractivity contribution is 1.39. The van der Waals surface area contributed by atoms with Crippen molar-refractivity contribution < 1.29 is 0 Å². The Bertz CT molecular complexity index is 408. The molecule has 2 rings (SSSR count). The highest BCUT2D eigenvalue weighted by Crippen LogP contribution is 2.27. The maximum atomic E-state index is 3.11. The molecule has 0 amide bonds. The normalized spacial score (nSPS) is 9.93. The van der Waals surface area contributed by atoms with Crippen molar-refractivity contribution in [3.8, 4) is 0 Å². The molecule has 0 saturated heterocycles. The third kappa shape index (κ3) is 2.77. The topological polar surface area (TPSA) is 12.0 Å². The minimum absolute atomic E-state index is 1.15. The standard InChI is InChI=1S/C13H13NS/c1-14-11-7-9-13(10-8-11)15-12-5-3-2-4-6-12/h2-10,14H,1H3. The summed E-state index contributed by atoms with van der Waals surface area (Å²) >= 11 is 1.78. The second kappa shape index (κ2) is 4.89. The van der Waals surface area contributed by atoms with Gasteiger partial charge in [-0.25, -0.2) is 0 Å². The molecule has 0 saturated carbocycles. The molecule has 2 aromatic carbocycles. The lowest BCUT2D eigenvalue weighted by Crippen LogP contribution is -1.86. The first-order valence-electron chi connectivity index (χ1n) is 4.89.